The highest BCUT2D eigenvalue weighted by Gasteiger charge is 2.13. The molecule has 1 heterocycles. The number of methoxy groups -OCH3 is 1. The summed E-state index contributed by atoms with van der Waals surface area (Å²) in [6.07, 6.45) is 0. The van der Waals surface area contributed by atoms with Crippen LogP contribution in [0, 0.1) is 0 Å². The van der Waals surface area contributed by atoms with Gasteiger partial charge in [-0.1, -0.05) is 17.3 Å². The first-order valence-electron chi connectivity index (χ1n) is 6.21. The quantitative estimate of drug-likeness (QED) is 0.872. The number of aromatic nitrogens is 1. The first-order valence-corrected chi connectivity index (χ1v) is 6.21. The van der Waals surface area contributed by atoms with Gasteiger partial charge >= 0.3 is 0 Å². The molecule has 1 unspecified atom stereocenters. The van der Waals surface area contributed by atoms with Gasteiger partial charge in [0.2, 0.25) is 0 Å². The van der Waals surface area contributed by atoms with Crippen LogP contribution in [0.5, 0.6) is 0 Å². The van der Waals surface area contributed by atoms with Gasteiger partial charge in [0.25, 0.3) is 5.91 Å². The van der Waals surface area contributed by atoms with Gasteiger partial charge in [-0.05, 0) is 24.6 Å². The summed E-state index contributed by atoms with van der Waals surface area (Å²) >= 11 is 0. The zero-order chi connectivity index (χ0) is 14.5. The molecular formula is C14H17N3O3. The summed E-state index contributed by atoms with van der Waals surface area (Å²) in [6.45, 7) is 2.16. The minimum Gasteiger partial charge on any atom is -0.377 e. The van der Waals surface area contributed by atoms with Gasteiger partial charge in [-0.3, -0.25) is 4.79 Å². The smallest absolute Gasteiger partial charge is 0.277 e. The van der Waals surface area contributed by atoms with Crippen LogP contribution < -0.4 is 11.1 Å². The molecule has 1 amide bonds. The maximum Gasteiger partial charge on any atom is 0.277 e. The van der Waals surface area contributed by atoms with Crippen LogP contribution in [0.15, 0.2) is 34.9 Å². The lowest BCUT2D eigenvalue weighted by atomic mass is 10.1. The van der Waals surface area contributed by atoms with Crippen molar-refractivity contribution >= 4 is 11.6 Å². The van der Waals surface area contributed by atoms with Gasteiger partial charge in [-0.25, -0.2) is 0 Å². The van der Waals surface area contributed by atoms with Crippen molar-refractivity contribution in [1.29, 1.82) is 0 Å². The van der Waals surface area contributed by atoms with Crippen LogP contribution in [0.4, 0.5) is 5.69 Å². The second-order valence-electron chi connectivity index (χ2n) is 4.48. The number of amides is 1. The third kappa shape index (κ3) is 3.43. The standard InChI is InChI=1S/C14H17N3O3/c1-9(15)10-4-3-5-11(6-10)16-14(18)13-7-12(8-19-2)20-17-13/h3-7,9H,8,15H2,1-2H3,(H,16,18). The molecule has 0 aliphatic heterocycles. The summed E-state index contributed by atoms with van der Waals surface area (Å²) in [5.41, 5.74) is 7.63. The van der Waals surface area contributed by atoms with Crippen LogP contribution in [0.25, 0.3) is 0 Å². The van der Waals surface area contributed by atoms with Gasteiger partial charge in [0.1, 0.15) is 6.61 Å². The number of nitrogens with zero attached hydrogens (tertiary/aromatic N) is 1. The molecule has 0 spiro atoms. The Morgan fingerprint density at radius 1 is 1.50 bits per heavy atom. The molecule has 106 valence electrons. The third-order valence-corrected chi connectivity index (χ3v) is 2.75. The molecule has 1 aromatic carbocycles. The van der Waals surface area contributed by atoms with Crippen molar-refractivity contribution in [2.75, 3.05) is 12.4 Å². The maximum absolute atomic E-state index is 12.0. The number of hydrogen-bond acceptors (Lipinski definition) is 5. The van der Waals surface area contributed by atoms with Crippen molar-refractivity contribution in [3.05, 3.63) is 47.3 Å². The molecule has 2 rings (SSSR count). The topological polar surface area (TPSA) is 90.4 Å². The van der Waals surface area contributed by atoms with E-state index < -0.39 is 0 Å². The number of rotatable bonds is 5. The van der Waals surface area contributed by atoms with Gasteiger partial charge in [0.15, 0.2) is 11.5 Å². The van der Waals surface area contributed by atoms with E-state index in [9.17, 15) is 4.79 Å². The monoisotopic (exact) mass is 275 g/mol. The number of anilines is 1. The first kappa shape index (κ1) is 14.2. The summed E-state index contributed by atoms with van der Waals surface area (Å²) < 4.78 is 9.87. The van der Waals surface area contributed by atoms with E-state index in [0.717, 1.165) is 5.56 Å². The second kappa shape index (κ2) is 6.31. The summed E-state index contributed by atoms with van der Waals surface area (Å²) in [7, 11) is 1.54. The fourth-order valence-electron chi connectivity index (χ4n) is 1.73. The fourth-order valence-corrected chi connectivity index (χ4v) is 1.73. The van der Waals surface area contributed by atoms with Crippen molar-refractivity contribution < 1.29 is 14.1 Å². The lowest BCUT2D eigenvalue weighted by Gasteiger charge is -2.08. The fraction of sp³-hybridized carbons (Fsp3) is 0.286. The number of carbonyl (C=O) groups excluding carboxylic acids is 1. The second-order valence-corrected chi connectivity index (χ2v) is 4.48. The number of carbonyl (C=O) groups is 1. The predicted molar refractivity (Wildman–Crippen MR) is 74.2 cm³/mol. The molecule has 3 N–H and O–H groups in total. The summed E-state index contributed by atoms with van der Waals surface area (Å²) in [6, 6.07) is 8.83. The zero-order valence-electron chi connectivity index (χ0n) is 11.4. The van der Waals surface area contributed by atoms with Crippen LogP contribution in [-0.4, -0.2) is 18.2 Å². The van der Waals surface area contributed by atoms with E-state index in [0.29, 0.717) is 11.4 Å². The van der Waals surface area contributed by atoms with E-state index in [1.165, 1.54) is 0 Å². The minimum atomic E-state index is -0.335. The number of ether oxygens (including phenoxy) is 1. The van der Waals surface area contributed by atoms with Crippen molar-refractivity contribution in [2.45, 2.75) is 19.6 Å². The highest BCUT2D eigenvalue weighted by Crippen LogP contribution is 2.16. The molecule has 2 aromatic rings. The van der Waals surface area contributed by atoms with Crippen molar-refractivity contribution in [1.82, 2.24) is 5.16 Å². The lowest BCUT2D eigenvalue weighted by Crippen LogP contribution is -2.13. The highest BCUT2D eigenvalue weighted by molar-refractivity contribution is 6.02. The molecule has 0 bridgehead atoms. The summed E-state index contributed by atoms with van der Waals surface area (Å²) in [5, 5.41) is 6.45. The van der Waals surface area contributed by atoms with Crippen LogP contribution in [0.2, 0.25) is 0 Å². The summed E-state index contributed by atoms with van der Waals surface area (Å²) in [4.78, 5) is 12.0. The molecule has 6 heteroatoms. The van der Waals surface area contributed by atoms with Gasteiger partial charge in [0.05, 0.1) is 0 Å². The van der Waals surface area contributed by atoms with E-state index in [1.54, 1.807) is 19.2 Å². The normalized spacial score (nSPS) is 12.2. The van der Waals surface area contributed by atoms with Crippen LogP contribution in [-0.2, 0) is 11.3 Å². The van der Waals surface area contributed by atoms with Crippen molar-refractivity contribution in [2.24, 2.45) is 5.73 Å². The van der Waals surface area contributed by atoms with E-state index in [-0.39, 0.29) is 24.2 Å². The van der Waals surface area contributed by atoms with Crippen molar-refractivity contribution in [3.63, 3.8) is 0 Å². The highest BCUT2D eigenvalue weighted by atomic mass is 16.5. The van der Waals surface area contributed by atoms with E-state index in [1.807, 2.05) is 25.1 Å². The minimum absolute atomic E-state index is 0.0905. The average molecular weight is 275 g/mol. The Bertz CT molecular complexity index is 593. The number of hydrogen-bond donors (Lipinski definition) is 2. The van der Waals surface area contributed by atoms with Gasteiger partial charge in [-0.2, -0.15) is 0 Å². The van der Waals surface area contributed by atoms with Gasteiger partial charge in [-0.15, -0.1) is 0 Å². The van der Waals surface area contributed by atoms with E-state index in [2.05, 4.69) is 10.5 Å². The van der Waals surface area contributed by atoms with E-state index >= 15 is 0 Å². The Labute approximate surface area is 116 Å². The third-order valence-electron chi connectivity index (χ3n) is 2.75. The molecule has 0 radical (unpaired) electrons. The Balaban J connectivity index is 2.08. The van der Waals surface area contributed by atoms with Gasteiger partial charge < -0.3 is 20.3 Å². The molecule has 0 saturated carbocycles. The number of benzene rings is 1. The Morgan fingerprint density at radius 2 is 2.30 bits per heavy atom. The zero-order valence-corrected chi connectivity index (χ0v) is 11.4. The Kier molecular flexibility index (Phi) is 4.49. The lowest BCUT2D eigenvalue weighted by molar-refractivity contribution is 0.101. The molecule has 0 aliphatic carbocycles. The molecule has 0 saturated heterocycles. The Morgan fingerprint density at radius 3 is 3.00 bits per heavy atom. The van der Waals surface area contributed by atoms with Crippen molar-refractivity contribution in [3.8, 4) is 0 Å². The van der Waals surface area contributed by atoms with Gasteiger partial charge in [0, 0.05) is 24.9 Å². The molecule has 6 nitrogen and oxygen atoms in total. The van der Waals surface area contributed by atoms with Crippen LogP contribution in [0.3, 0.4) is 0 Å². The molecule has 1 aromatic heterocycles. The van der Waals surface area contributed by atoms with Crippen LogP contribution >= 0.6 is 0 Å². The van der Waals surface area contributed by atoms with Crippen LogP contribution in [0.1, 0.15) is 34.8 Å². The largest absolute Gasteiger partial charge is 0.377 e. The number of nitrogens with two attached hydrogens (primary N) is 1. The maximum atomic E-state index is 12.0. The van der Waals surface area contributed by atoms with E-state index in [4.69, 9.17) is 15.0 Å². The Hall–Kier alpha value is -2.18. The molecular weight excluding hydrogens is 258 g/mol. The summed E-state index contributed by atoms with van der Waals surface area (Å²) in [5.74, 6) is 0.167. The molecule has 20 heavy (non-hydrogen) atoms. The molecule has 0 fully saturated rings. The predicted octanol–water partition coefficient (Wildman–Crippen LogP) is 2.09. The molecule has 1 atom stereocenters. The first-order chi connectivity index (χ1) is 9.60. The average Bonchev–Trinajstić information content (AvgIpc) is 2.88. The number of nitrogens with one attached hydrogen (secondary N) is 1. The molecule has 0 aliphatic rings. The SMILES string of the molecule is COCc1cc(C(=O)Nc2cccc(C(C)N)c2)no1.